The van der Waals surface area contributed by atoms with Gasteiger partial charge in [0.1, 0.15) is 0 Å². The maximum atomic E-state index is 11.2. The van der Waals surface area contributed by atoms with Crippen LogP contribution >= 0.6 is 0 Å². The van der Waals surface area contributed by atoms with Crippen LogP contribution in [0.2, 0.25) is 0 Å². The number of nitrogens with two attached hydrogens (primary N) is 1. The average Bonchev–Trinajstić information content (AvgIpc) is 2.24. The molecule has 0 amide bonds. The van der Waals surface area contributed by atoms with Gasteiger partial charge in [-0.2, -0.15) is 0 Å². The van der Waals surface area contributed by atoms with Crippen LogP contribution in [0.1, 0.15) is 44.9 Å². The van der Waals surface area contributed by atoms with Gasteiger partial charge >= 0.3 is 5.97 Å². The van der Waals surface area contributed by atoms with Crippen LogP contribution in [-0.2, 0) is 9.53 Å². The summed E-state index contributed by atoms with van der Waals surface area (Å²) in [6, 6.07) is 0.445. The smallest absolute Gasteiger partial charge is 0.308 e. The van der Waals surface area contributed by atoms with Crippen molar-refractivity contribution in [3.8, 4) is 0 Å². The first kappa shape index (κ1) is 11.9. The van der Waals surface area contributed by atoms with Crippen molar-refractivity contribution < 1.29 is 9.53 Å². The summed E-state index contributed by atoms with van der Waals surface area (Å²) in [7, 11) is 1.48. The van der Waals surface area contributed by atoms with E-state index in [0.29, 0.717) is 6.04 Å². The Morgan fingerprint density at radius 2 is 1.81 bits per heavy atom. The van der Waals surface area contributed by atoms with E-state index in [1.165, 1.54) is 39.2 Å². The molecular formula is C13H23NO2. The first-order chi connectivity index (χ1) is 7.69. The molecule has 3 nitrogen and oxygen atoms in total. The maximum absolute atomic E-state index is 11.2. The third-order valence-electron chi connectivity index (χ3n) is 4.33. The van der Waals surface area contributed by atoms with Gasteiger partial charge in [-0.25, -0.2) is 0 Å². The zero-order chi connectivity index (χ0) is 11.5. The Bertz CT molecular complexity index is 240. The molecule has 2 saturated carbocycles. The van der Waals surface area contributed by atoms with E-state index in [4.69, 9.17) is 10.5 Å². The van der Waals surface area contributed by atoms with Crippen molar-refractivity contribution in [1.29, 1.82) is 0 Å². The van der Waals surface area contributed by atoms with Crippen LogP contribution in [-0.4, -0.2) is 19.1 Å². The van der Waals surface area contributed by atoms with Crippen molar-refractivity contribution in [2.24, 2.45) is 23.5 Å². The molecule has 0 atom stereocenters. The van der Waals surface area contributed by atoms with Crippen molar-refractivity contribution in [1.82, 2.24) is 0 Å². The highest BCUT2D eigenvalue weighted by Crippen LogP contribution is 2.41. The molecule has 0 aromatic heterocycles. The zero-order valence-corrected chi connectivity index (χ0v) is 10.2. The van der Waals surface area contributed by atoms with E-state index < -0.39 is 0 Å². The summed E-state index contributed by atoms with van der Waals surface area (Å²) >= 11 is 0. The van der Waals surface area contributed by atoms with Crippen molar-refractivity contribution in [3.05, 3.63) is 0 Å². The number of carbonyl (C=O) groups excluding carboxylic acids is 1. The van der Waals surface area contributed by atoms with Crippen LogP contribution in [0.5, 0.6) is 0 Å². The van der Waals surface area contributed by atoms with Crippen molar-refractivity contribution in [2.45, 2.75) is 51.0 Å². The van der Waals surface area contributed by atoms with E-state index in [1.54, 1.807) is 0 Å². The molecule has 2 aliphatic rings. The Morgan fingerprint density at radius 1 is 1.19 bits per heavy atom. The summed E-state index contributed by atoms with van der Waals surface area (Å²) in [4.78, 5) is 11.2. The molecule has 0 aromatic carbocycles. The molecule has 2 aliphatic carbocycles. The Morgan fingerprint density at radius 3 is 2.38 bits per heavy atom. The number of carbonyl (C=O) groups is 1. The zero-order valence-electron chi connectivity index (χ0n) is 10.2. The van der Waals surface area contributed by atoms with Gasteiger partial charge in [-0.1, -0.05) is 0 Å². The van der Waals surface area contributed by atoms with E-state index in [-0.39, 0.29) is 11.9 Å². The number of methoxy groups -OCH3 is 1. The third kappa shape index (κ3) is 2.76. The molecule has 0 bridgehead atoms. The van der Waals surface area contributed by atoms with Crippen molar-refractivity contribution >= 4 is 5.97 Å². The number of esters is 1. The fraction of sp³-hybridized carbons (Fsp3) is 0.923. The van der Waals surface area contributed by atoms with Crippen LogP contribution in [0, 0.1) is 17.8 Å². The predicted octanol–water partition coefficient (Wildman–Crippen LogP) is 2.09. The lowest BCUT2D eigenvalue weighted by Gasteiger charge is -2.37. The molecule has 2 fully saturated rings. The van der Waals surface area contributed by atoms with Gasteiger partial charge in [-0.3, -0.25) is 4.79 Å². The second-order valence-electron chi connectivity index (χ2n) is 5.57. The number of rotatable bonds is 3. The number of hydrogen-bond acceptors (Lipinski definition) is 3. The molecule has 0 aliphatic heterocycles. The predicted molar refractivity (Wildman–Crippen MR) is 62.8 cm³/mol. The number of hydrogen-bond donors (Lipinski definition) is 1. The molecular weight excluding hydrogens is 202 g/mol. The SMILES string of the molecule is COC(=O)C1CC(CC2CCC(N)CC2)C1. The van der Waals surface area contributed by atoms with Gasteiger partial charge in [-0.15, -0.1) is 0 Å². The third-order valence-corrected chi connectivity index (χ3v) is 4.33. The molecule has 0 radical (unpaired) electrons. The monoisotopic (exact) mass is 225 g/mol. The maximum Gasteiger partial charge on any atom is 0.308 e. The minimum atomic E-state index is -0.0121. The largest absolute Gasteiger partial charge is 0.469 e. The van der Waals surface area contributed by atoms with Crippen LogP contribution < -0.4 is 5.73 Å². The lowest BCUT2D eigenvalue weighted by atomic mass is 9.69. The van der Waals surface area contributed by atoms with Crippen LogP contribution in [0.25, 0.3) is 0 Å². The quantitative estimate of drug-likeness (QED) is 0.748. The standard InChI is InChI=1S/C13H23NO2/c1-16-13(15)11-7-10(8-11)6-9-2-4-12(14)5-3-9/h9-12H,2-8,14H2,1H3. The molecule has 2 N–H and O–H groups in total. The van der Waals surface area contributed by atoms with Crippen LogP contribution in [0.4, 0.5) is 0 Å². The van der Waals surface area contributed by atoms with Crippen LogP contribution in [0.3, 0.4) is 0 Å². The lowest BCUT2D eigenvalue weighted by Crippen LogP contribution is -2.34. The summed E-state index contributed by atoms with van der Waals surface area (Å²) in [6.45, 7) is 0. The summed E-state index contributed by atoms with van der Waals surface area (Å²) < 4.78 is 4.75. The lowest BCUT2D eigenvalue weighted by molar-refractivity contribution is -0.150. The first-order valence-corrected chi connectivity index (χ1v) is 6.52. The van der Waals surface area contributed by atoms with E-state index in [2.05, 4.69) is 0 Å². The minimum absolute atomic E-state index is 0.0121. The molecule has 0 spiro atoms. The fourth-order valence-corrected chi connectivity index (χ4v) is 3.18. The molecule has 0 heterocycles. The summed E-state index contributed by atoms with van der Waals surface area (Å²) in [5, 5.41) is 0. The highest BCUT2D eigenvalue weighted by atomic mass is 16.5. The van der Waals surface area contributed by atoms with Gasteiger partial charge in [-0.05, 0) is 56.8 Å². The second kappa shape index (κ2) is 5.17. The van der Waals surface area contributed by atoms with Gasteiger partial charge in [0.2, 0.25) is 0 Å². The van der Waals surface area contributed by atoms with Gasteiger partial charge in [0, 0.05) is 6.04 Å². The second-order valence-corrected chi connectivity index (χ2v) is 5.57. The van der Waals surface area contributed by atoms with Crippen molar-refractivity contribution in [3.63, 3.8) is 0 Å². The molecule has 16 heavy (non-hydrogen) atoms. The van der Waals surface area contributed by atoms with Gasteiger partial charge in [0.25, 0.3) is 0 Å². The van der Waals surface area contributed by atoms with Crippen LogP contribution in [0.15, 0.2) is 0 Å². The van der Waals surface area contributed by atoms with E-state index in [0.717, 1.165) is 24.7 Å². The number of ether oxygens (including phenoxy) is 1. The average molecular weight is 225 g/mol. The van der Waals surface area contributed by atoms with Gasteiger partial charge in [0.05, 0.1) is 13.0 Å². The molecule has 0 unspecified atom stereocenters. The van der Waals surface area contributed by atoms with Gasteiger partial charge in [0.15, 0.2) is 0 Å². The molecule has 92 valence electrons. The Hall–Kier alpha value is -0.570. The molecule has 2 rings (SSSR count). The summed E-state index contributed by atoms with van der Waals surface area (Å²) in [6.07, 6.45) is 8.38. The highest BCUT2D eigenvalue weighted by Gasteiger charge is 2.36. The van der Waals surface area contributed by atoms with Gasteiger partial charge < -0.3 is 10.5 Å². The topological polar surface area (TPSA) is 52.3 Å². The minimum Gasteiger partial charge on any atom is -0.469 e. The molecule has 3 heteroatoms. The Balaban J connectivity index is 1.64. The summed E-state index contributed by atoms with van der Waals surface area (Å²) in [5.74, 6) is 1.81. The molecule has 0 saturated heterocycles. The summed E-state index contributed by atoms with van der Waals surface area (Å²) in [5.41, 5.74) is 5.89. The van der Waals surface area contributed by atoms with E-state index in [9.17, 15) is 4.79 Å². The molecule has 0 aromatic rings. The van der Waals surface area contributed by atoms with E-state index >= 15 is 0 Å². The fourth-order valence-electron chi connectivity index (χ4n) is 3.18. The first-order valence-electron chi connectivity index (χ1n) is 6.52. The normalized spacial score (nSPS) is 38.9. The van der Waals surface area contributed by atoms with E-state index in [1.807, 2.05) is 0 Å². The van der Waals surface area contributed by atoms with Crippen molar-refractivity contribution in [2.75, 3.05) is 7.11 Å². The Labute approximate surface area is 97.7 Å². The Kier molecular flexibility index (Phi) is 3.85. The highest BCUT2D eigenvalue weighted by molar-refractivity contribution is 5.73.